The summed E-state index contributed by atoms with van der Waals surface area (Å²) in [6.45, 7) is 10.9. The van der Waals surface area contributed by atoms with Crippen molar-refractivity contribution in [2.75, 3.05) is 118 Å². The van der Waals surface area contributed by atoms with Gasteiger partial charge in [-0.15, -0.1) is 0 Å². The van der Waals surface area contributed by atoms with Crippen molar-refractivity contribution in [2.24, 2.45) is 0 Å². The molecule has 1 aliphatic heterocycles. The zero-order valence-corrected chi connectivity index (χ0v) is 34.4. The molecule has 1 N–H and O–H groups in total. The van der Waals surface area contributed by atoms with E-state index in [1.54, 1.807) is 55.5 Å². The van der Waals surface area contributed by atoms with Crippen molar-refractivity contribution in [1.29, 1.82) is 5.41 Å². The van der Waals surface area contributed by atoms with Gasteiger partial charge in [0.25, 0.3) is 17.7 Å². The van der Waals surface area contributed by atoms with Crippen molar-refractivity contribution in [3.8, 4) is 0 Å². The van der Waals surface area contributed by atoms with Crippen molar-refractivity contribution in [2.45, 2.75) is 6.42 Å². The molecule has 59 heavy (non-hydrogen) atoms. The van der Waals surface area contributed by atoms with E-state index in [4.69, 9.17) is 24.4 Å². The van der Waals surface area contributed by atoms with E-state index in [1.807, 2.05) is 37.4 Å². The van der Waals surface area contributed by atoms with Crippen LogP contribution < -0.4 is 4.90 Å². The Labute approximate surface area is 346 Å². The first-order valence-corrected chi connectivity index (χ1v) is 19.9. The molecule has 14 nitrogen and oxygen atoms in total. The zero-order valence-electron chi connectivity index (χ0n) is 34.4. The molecule has 314 valence electrons. The fraction of sp³-hybridized carbons (Fsp3) is 0.400. The lowest BCUT2D eigenvalue weighted by Crippen LogP contribution is -2.45. The molecule has 0 aliphatic carbocycles. The second kappa shape index (κ2) is 22.7. The molecule has 0 aromatic heterocycles. The van der Waals surface area contributed by atoms with Gasteiger partial charge >= 0.3 is 0 Å². The number of hydrogen-bond acceptors (Lipinski definition) is 11. The van der Waals surface area contributed by atoms with Gasteiger partial charge in [0, 0.05) is 91.5 Å². The maximum Gasteiger partial charge on any atom is 0.261 e. The van der Waals surface area contributed by atoms with Gasteiger partial charge in [-0.1, -0.05) is 43.0 Å². The first-order chi connectivity index (χ1) is 28.7. The van der Waals surface area contributed by atoms with Crippen LogP contribution in [-0.2, 0) is 18.9 Å². The van der Waals surface area contributed by atoms with Gasteiger partial charge in [-0.05, 0) is 62.3 Å². The third kappa shape index (κ3) is 11.4. The predicted octanol–water partition coefficient (Wildman–Crippen LogP) is 5.05. The highest BCUT2D eigenvalue weighted by molar-refractivity contribution is 6.25. The minimum Gasteiger partial charge on any atom is -0.382 e. The number of hydrogen-bond donors (Lipinski definition) is 1. The van der Waals surface area contributed by atoms with Crippen LogP contribution >= 0.6 is 0 Å². The summed E-state index contributed by atoms with van der Waals surface area (Å²) in [7, 11) is 5.39. The third-order valence-corrected chi connectivity index (χ3v) is 10.4. The summed E-state index contributed by atoms with van der Waals surface area (Å²) < 4.78 is 21.9. The molecule has 1 aliphatic rings. The monoisotopic (exact) mass is 808 g/mol. The smallest absolute Gasteiger partial charge is 0.261 e. The molecule has 0 fully saturated rings. The van der Waals surface area contributed by atoms with Crippen LogP contribution in [0.15, 0.2) is 79.5 Å². The van der Waals surface area contributed by atoms with Crippen molar-refractivity contribution >= 4 is 57.6 Å². The summed E-state index contributed by atoms with van der Waals surface area (Å²) in [5.41, 5.74) is 2.53. The van der Waals surface area contributed by atoms with Crippen molar-refractivity contribution in [3.05, 3.63) is 102 Å². The molecular weight excluding hydrogens is 753 g/mol. The van der Waals surface area contributed by atoms with E-state index in [1.165, 1.54) is 16.0 Å². The van der Waals surface area contributed by atoms with Crippen LogP contribution in [0.4, 0.5) is 5.69 Å². The quantitative estimate of drug-likeness (QED) is 0.0284. The van der Waals surface area contributed by atoms with Crippen molar-refractivity contribution < 1.29 is 38.1 Å². The molecule has 1 heterocycles. The van der Waals surface area contributed by atoms with E-state index in [-0.39, 0.29) is 24.3 Å². The number of amides is 3. The predicted molar refractivity (Wildman–Crippen MR) is 230 cm³/mol. The molecular formula is C45H56N6O8. The molecule has 0 bridgehead atoms. The highest BCUT2D eigenvalue weighted by Gasteiger charge is 2.32. The first-order valence-electron chi connectivity index (χ1n) is 19.9. The number of methoxy groups -OCH3 is 1. The lowest BCUT2D eigenvalue weighted by molar-refractivity contribution is 0.000761. The number of nitrogens with one attached hydrogen (secondary N) is 1. The average Bonchev–Trinajstić information content (AvgIpc) is 3.26. The van der Waals surface area contributed by atoms with Crippen molar-refractivity contribution in [3.63, 3.8) is 0 Å². The first kappa shape index (κ1) is 44.7. The second-order valence-corrected chi connectivity index (χ2v) is 14.3. The van der Waals surface area contributed by atoms with Gasteiger partial charge < -0.3 is 33.6 Å². The number of rotatable bonds is 27. The number of aldehydes is 1. The Morgan fingerprint density at radius 1 is 0.746 bits per heavy atom. The molecule has 14 heteroatoms. The number of anilines is 1. The largest absolute Gasteiger partial charge is 0.382 e. The Morgan fingerprint density at radius 3 is 2.02 bits per heavy atom. The summed E-state index contributed by atoms with van der Waals surface area (Å²) in [5, 5.41) is 10.6. The number of benzene rings is 4. The van der Waals surface area contributed by atoms with Gasteiger partial charge in [-0.3, -0.25) is 34.4 Å². The Balaban J connectivity index is 1.15. The molecule has 0 saturated carbocycles. The number of nitrogens with zero attached hydrogens (tertiary/aromatic N) is 5. The normalized spacial score (nSPS) is 12.5. The Morgan fingerprint density at radius 2 is 1.39 bits per heavy atom. The highest BCUT2D eigenvalue weighted by atomic mass is 16.6. The average molecular weight is 809 g/mol. The number of fused-ring (bicyclic) bond motifs is 1. The van der Waals surface area contributed by atoms with Gasteiger partial charge in [0.2, 0.25) is 0 Å². The van der Waals surface area contributed by atoms with Crippen molar-refractivity contribution in [1.82, 2.24) is 19.6 Å². The standard InChI is InChI=1S/C45H56N6O8/c1-5-50(33-46)40-17-16-35(32-52)42-36(40)12-8-15-37(42)43(53)48(3)21-20-47(2)18-9-19-49(24-25-57-28-29-59-31-30-58-27-26-56-4)22-23-51-44(54)38-13-6-10-34-11-7-14-39(41(34)38)45(51)55/h5-8,10-17,32-33,46H,1,9,18-31H2,2-4H3. The molecule has 0 spiro atoms. The van der Waals surface area contributed by atoms with E-state index in [9.17, 15) is 19.2 Å². The molecule has 4 aromatic rings. The molecule has 0 atom stereocenters. The van der Waals surface area contributed by atoms with Crippen LogP contribution in [-0.4, -0.2) is 163 Å². The van der Waals surface area contributed by atoms with Gasteiger partial charge in [-0.25, -0.2) is 0 Å². The summed E-state index contributed by atoms with van der Waals surface area (Å²) in [5.74, 6) is -0.778. The second-order valence-electron chi connectivity index (χ2n) is 14.3. The van der Waals surface area contributed by atoms with Gasteiger partial charge in [0.05, 0.1) is 58.3 Å². The molecule has 0 unspecified atom stereocenters. The van der Waals surface area contributed by atoms with Gasteiger partial charge in [0.1, 0.15) is 0 Å². The van der Waals surface area contributed by atoms with Crippen LogP contribution in [0.25, 0.3) is 21.5 Å². The Hall–Kier alpha value is -5.35. The van der Waals surface area contributed by atoms with E-state index in [2.05, 4.69) is 16.4 Å². The van der Waals surface area contributed by atoms with Crippen LogP contribution in [0.5, 0.6) is 0 Å². The number of carbonyl (C=O) groups excluding carboxylic acids is 4. The number of imide groups is 1. The lowest BCUT2D eigenvalue weighted by Gasteiger charge is -2.30. The number of carbonyl (C=O) groups is 4. The molecule has 5 rings (SSSR count). The van der Waals surface area contributed by atoms with E-state index in [0.717, 1.165) is 31.0 Å². The fourth-order valence-corrected chi connectivity index (χ4v) is 7.18. The number of ether oxygens (including phenoxy) is 4. The van der Waals surface area contributed by atoms with E-state index >= 15 is 0 Å². The fourth-order valence-electron chi connectivity index (χ4n) is 7.18. The van der Waals surface area contributed by atoms with Crippen LogP contribution in [0.2, 0.25) is 0 Å². The minimum absolute atomic E-state index is 0.211. The zero-order chi connectivity index (χ0) is 42.1. The van der Waals surface area contributed by atoms with E-state index in [0.29, 0.717) is 123 Å². The Kier molecular flexibility index (Phi) is 17.2. The maximum atomic E-state index is 13.8. The maximum absolute atomic E-state index is 13.8. The summed E-state index contributed by atoms with van der Waals surface area (Å²) in [6.07, 6.45) is 4.17. The van der Waals surface area contributed by atoms with E-state index < -0.39 is 0 Å². The SMILES string of the molecule is C=CN(C=N)c1ccc(C=O)c2c(C(=O)N(C)CCN(C)CCCN(CCOCCOCCOCCOC)CCN3C(=O)c4cccc5cccc(c45)C3=O)cccc12. The molecule has 3 amide bonds. The molecule has 0 radical (unpaired) electrons. The number of likely N-dealkylation sites (N-methyl/N-ethyl adjacent to an activating group) is 2. The van der Waals surface area contributed by atoms with Gasteiger partial charge in [-0.2, -0.15) is 0 Å². The van der Waals surface area contributed by atoms with Crippen LogP contribution in [0.3, 0.4) is 0 Å². The molecule has 0 saturated heterocycles. The summed E-state index contributed by atoms with van der Waals surface area (Å²) in [6, 6.07) is 19.8. The minimum atomic E-state index is -0.284. The summed E-state index contributed by atoms with van der Waals surface area (Å²) >= 11 is 0. The Bertz CT molecular complexity index is 2030. The van der Waals surface area contributed by atoms with Crippen LogP contribution in [0, 0.1) is 5.41 Å². The molecule has 4 aromatic carbocycles. The highest BCUT2D eigenvalue weighted by Crippen LogP contribution is 2.32. The topological polar surface area (TPSA) is 145 Å². The van der Waals surface area contributed by atoms with Crippen LogP contribution in [0.1, 0.15) is 47.9 Å². The summed E-state index contributed by atoms with van der Waals surface area (Å²) in [4.78, 5) is 62.0. The lowest BCUT2D eigenvalue weighted by atomic mass is 9.94. The third-order valence-electron chi connectivity index (χ3n) is 10.4. The van der Waals surface area contributed by atoms with Gasteiger partial charge in [0.15, 0.2) is 6.29 Å².